The van der Waals surface area contributed by atoms with Crippen molar-refractivity contribution in [1.29, 1.82) is 0 Å². The van der Waals surface area contributed by atoms with Gasteiger partial charge in [-0.05, 0) is 26.0 Å². The molecule has 0 atom stereocenters. The van der Waals surface area contributed by atoms with Gasteiger partial charge in [0.1, 0.15) is 5.82 Å². The smallest absolute Gasteiger partial charge is 0.233 e. The summed E-state index contributed by atoms with van der Waals surface area (Å²) in [6.45, 7) is 9.90. The molecule has 0 aliphatic heterocycles. The molecule has 1 aromatic heterocycles. The van der Waals surface area contributed by atoms with E-state index in [4.69, 9.17) is 0 Å². The van der Waals surface area contributed by atoms with Crippen molar-refractivity contribution >= 4 is 29.4 Å². The average molecular weight is 377 g/mol. The Morgan fingerprint density at radius 2 is 1.92 bits per heavy atom. The first-order valence-electron chi connectivity index (χ1n) is 8.30. The van der Waals surface area contributed by atoms with E-state index in [9.17, 15) is 4.79 Å². The fraction of sp³-hybridized carbons (Fsp3) is 0.389. The normalized spacial score (nSPS) is 10.6. The zero-order chi connectivity index (χ0) is 18.1. The van der Waals surface area contributed by atoms with E-state index in [1.165, 1.54) is 16.7 Å². The molecule has 25 heavy (non-hydrogen) atoms. The van der Waals surface area contributed by atoms with E-state index >= 15 is 0 Å². The van der Waals surface area contributed by atoms with Crippen LogP contribution in [0.15, 0.2) is 53.0 Å². The van der Waals surface area contributed by atoms with Gasteiger partial charge in [-0.1, -0.05) is 36.0 Å². The van der Waals surface area contributed by atoms with Gasteiger partial charge in [0.15, 0.2) is 5.16 Å². The number of carbonyl (C=O) groups is 1. The van der Waals surface area contributed by atoms with Gasteiger partial charge in [0.25, 0.3) is 0 Å². The number of thioether (sulfide) groups is 2. The van der Waals surface area contributed by atoms with Crippen molar-refractivity contribution in [2.75, 3.05) is 18.8 Å². The van der Waals surface area contributed by atoms with Crippen LogP contribution in [-0.2, 0) is 17.1 Å². The number of carbonyl (C=O) groups excluding carboxylic acids is 1. The van der Waals surface area contributed by atoms with Gasteiger partial charge in [-0.3, -0.25) is 4.79 Å². The highest BCUT2D eigenvalue weighted by Gasteiger charge is 2.15. The van der Waals surface area contributed by atoms with Crippen LogP contribution in [0.4, 0.5) is 0 Å². The summed E-state index contributed by atoms with van der Waals surface area (Å²) in [6.07, 6.45) is 1.83. The molecule has 0 spiro atoms. The second kappa shape index (κ2) is 10.3. The van der Waals surface area contributed by atoms with Crippen LogP contribution in [0.1, 0.15) is 19.7 Å². The molecule has 0 bridgehead atoms. The fourth-order valence-electron chi connectivity index (χ4n) is 2.30. The Bertz CT molecular complexity index is 684. The monoisotopic (exact) mass is 376 g/mol. The highest BCUT2D eigenvalue weighted by Crippen LogP contribution is 2.24. The summed E-state index contributed by atoms with van der Waals surface area (Å²) in [4.78, 5) is 15.2. The molecule has 7 heteroatoms. The quantitative estimate of drug-likeness (QED) is 0.467. The second-order valence-corrected chi connectivity index (χ2v) is 7.25. The van der Waals surface area contributed by atoms with Gasteiger partial charge in [-0.15, -0.1) is 28.5 Å². The molecule has 0 aliphatic rings. The molecule has 2 aromatic rings. The van der Waals surface area contributed by atoms with Crippen molar-refractivity contribution in [1.82, 2.24) is 19.7 Å². The van der Waals surface area contributed by atoms with Crippen LogP contribution in [0, 0.1) is 0 Å². The summed E-state index contributed by atoms with van der Waals surface area (Å²) in [5.41, 5.74) is 0. The lowest BCUT2D eigenvalue weighted by molar-refractivity contribution is -0.127. The molecule has 0 radical (unpaired) electrons. The third kappa shape index (κ3) is 5.64. The first kappa shape index (κ1) is 19.6. The minimum absolute atomic E-state index is 0.128. The van der Waals surface area contributed by atoms with Crippen LogP contribution in [-0.4, -0.2) is 44.4 Å². The van der Waals surface area contributed by atoms with E-state index in [1.807, 2.05) is 47.6 Å². The average Bonchev–Trinajstić information content (AvgIpc) is 3.02. The molecule has 0 unspecified atom stereocenters. The lowest BCUT2D eigenvalue weighted by atomic mass is 10.4. The van der Waals surface area contributed by atoms with Gasteiger partial charge in [-0.25, -0.2) is 0 Å². The topological polar surface area (TPSA) is 51.0 Å². The van der Waals surface area contributed by atoms with Crippen LogP contribution in [0.3, 0.4) is 0 Å². The SMILES string of the molecule is C=CCn1c(CSc2ccccc2)nnc1SCC(=O)N(CC)CC. The van der Waals surface area contributed by atoms with E-state index in [1.54, 1.807) is 11.8 Å². The van der Waals surface area contributed by atoms with Crippen molar-refractivity contribution in [2.24, 2.45) is 0 Å². The van der Waals surface area contributed by atoms with E-state index in [0.717, 1.165) is 29.8 Å². The minimum Gasteiger partial charge on any atom is -0.343 e. The Hall–Kier alpha value is -1.73. The molecular weight excluding hydrogens is 352 g/mol. The Kier molecular flexibility index (Phi) is 8.08. The molecule has 0 saturated carbocycles. The Labute approximate surface area is 157 Å². The maximum Gasteiger partial charge on any atom is 0.233 e. The van der Waals surface area contributed by atoms with E-state index in [0.29, 0.717) is 12.3 Å². The molecule has 1 aromatic carbocycles. The van der Waals surface area contributed by atoms with Gasteiger partial charge >= 0.3 is 0 Å². The van der Waals surface area contributed by atoms with E-state index < -0.39 is 0 Å². The number of hydrogen-bond acceptors (Lipinski definition) is 5. The molecule has 0 saturated heterocycles. The molecule has 1 amide bonds. The minimum atomic E-state index is 0.128. The van der Waals surface area contributed by atoms with E-state index in [-0.39, 0.29) is 5.91 Å². The largest absolute Gasteiger partial charge is 0.343 e. The van der Waals surface area contributed by atoms with Crippen LogP contribution in [0.2, 0.25) is 0 Å². The van der Waals surface area contributed by atoms with Crippen LogP contribution in [0.25, 0.3) is 0 Å². The fourth-order valence-corrected chi connectivity index (χ4v) is 4.03. The zero-order valence-electron chi connectivity index (χ0n) is 14.7. The van der Waals surface area contributed by atoms with Crippen molar-refractivity contribution in [3.05, 3.63) is 48.8 Å². The molecule has 5 nitrogen and oxygen atoms in total. The molecule has 134 valence electrons. The number of rotatable bonds is 10. The maximum atomic E-state index is 12.2. The molecule has 2 rings (SSSR count). The number of nitrogens with zero attached hydrogens (tertiary/aromatic N) is 4. The predicted molar refractivity (Wildman–Crippen MR) is 105 cm³/mol. The van der Waals surface area contributed by atoms with E-state index in [2.05, 4.69) is 28.9 Å². The Balaban J connectivity index is 2.02. The van der Waals surface area contributed by atoms with Gasteiger partial charge in [0, 0.05) is 24.5 Å². The van der Waals surface area contributed by atoms with Gasteiger partial charge in [-0.2, -0.15) is 0 Å². The summed E-state index contributed by atoms with van der Waals surface area (Å²) < 4.78 is 2.03. The highest BCUT2D eigenvalue weighted by molar-refractivity contribution is 7.99. The number of allylic oxidation sites excluding steroid dienone is 1. The molecule has 0 N–H and O–H groups in total. The predicted octanol–water partition coefficient (Wildman–Crippen LogP) is 3.72. The summed E-state index contributed by atoms with van der Waals surface area (Å²) in [7, 11) is 0. The number of hydrogen-bond donors (Lipinski definition) is 0. The zero-order valence-corrected chi connectivity index (χ0v) is 16.4. The lowest BCUT2D eigenvalue weighted by Gasteiger charge is -2.18. The molecule has 1 heterocycles. The summed E-state index contributed by atoms with van der Waals surface area (Å²) in [6, 6.07) is 10.2. The van der Waals surface area contributed by atoms with Crippen molar-refractivity contribution in [3.8, 4) is 0 Å². The first-order valence-corrected chi connectivity index (χ1v) is 10.3. The summed E-state index contributed by atoms with van der Waals surface area (Å²) in [5, 5.41) is 9.35. The Morgan fingerprint density at radius 1 is 1.20 bits per heavy atom. The standard InChI is InChI=1S/C18H24N4OS2/c1-4-12-22-16(13-24-15-10-8-7-9-11-15)19-20-18(22)25-14-17(23)21(5-2)6-3/h4,7-11H,1,5-6,12-14H2,2-3H3. The summed E-state index contributed by atoms with van der Waals surface area (Å²) in [5.74, 6) is 2.13. The highest BCUT2D eigenvalue weighted by atomic mass is 32.2. The van der Waals surface area contributed by atoms with Crippen molar-refractivity contribution in [3.63, 3.8) is 0 Å². The summed E-state index contributed by atoms with van der Waals surface area (Å²) >= 11 is 3.16. The lowest BCUT2D eigenvalue weighted by Crippen LogP contribution is -2.31. The van der Waals surface area contributed by atoms with Gasteiger partial charge < -0.3 is 9.47 Å². The van der Waals surface area contributed by atoms with Gasteiger partial charge in [0.2, 0.25) is 5.91 Å². The second-order valence-electron chi connectivity index (χ2n) is 5.25. The Morgan fingerprint density at radius 3 is 2.56 bits per heavy atom. The van der Waals surface area contributed by atoms with Crippen LogP contribution >= 0.6 is 23.5 Å². The third-order valence-corrected chi connectivity index (χ3v) is 5.62. The van der Waals surface area contributed by atoms with Gasteiger partial charge in [0.05, 0.1) is 11.5 Å². The maximum absolute atomic E-state index is 12.2. The molecule has 0 fully saturated rings. The van der Waals surface area contributed by atoms with Crippen LogP contribution < -0.4 is 0 Å². The van der Waals surface area contributed by atoms with Crippen molar-refractivity contribution < 1.29 is 4.79 Å². The van der Waals surface area contributed by atoms with Crippen molar-refractivity contribution in [2.45, 2.75) is 36.2 Å². The number of benzene rings is 1. The molecular formula is C18H24N4OS2. The third-order valence-electron chi connectivity index (χ3n) is 3.66. The number of amides is 1. The number of aromatic nitrogens is 3. The molecule has 0 aliphatic carbocycles. The first-order chi connectivity index (χ1) is 12.2. The van der Waals surface area contributed by atoms with Crippen LogP contribution in [0.5, 0.6) is 0 Å².